The van der Waals surface area contributed by atoms with Crippen molar-refractivity contribution in [3.63, 3.8) is 0 Å². The van der Waals surface area contributed by atoms with E-state index in [4.69, 9.17) is 5.73 Å². The number of nitrogens with zero attached hydrogens (tertiary/aromatic N) is 1. The van der Waals surface area contributed by atoms with Gasteiger partial charge < -0.3 is 20.9 Å². The van der Waals surface area contributed by atoms with Gasteiger partial charge in [-0.2, -0.15) is 0 Å². The Labute approximate surface area is 104 Å². The van der Waals surface area contributed by atoms with Gasteiger partial charge in [0, 0.05) is 24.4 Å². The number of nitrogens with one attached hydrogen (secondary N) is 2. The van der Waals surface area contributed by atoms with Gasteiger partial charge in [0.05, 0.1) is 6.54 Å². The fourth-order valence-corrected chi connectivity index (χ4v) is 1.68. The number of amides is 3. The van der Waals surface area contributed by atoms with Crippen molar-refractivity contribution in [2.75, 3.05) is 11.9 Å². The first kappa shape index (κ1) is 12.0. The first-order valence-corrected chi connectivity index (χ1v) is 5.44. The van der Waals surface area contributed by atoms with Crippen LogP contribution >= 0.6 is 0 Å². The van der Waals surface area contributed by atoms with E-state index in [-0.39, 0.29) is 6.54 Å². The highest BCUT2D eigenvalue weighted by Crippen LogP contribution is 2.19. The summed E-state index contributed by atoms with van der Waals surface area (Å²) in [5.41, 5.74) is 6.60. The third-order valence-electron chi connectivity index (χ3n) is 2.57. The lowest BCUT2D eigenvalue weighted by molar-refractivity contribution is -0.117. The van der Waals surface area contributed by atoms with Crippen molar-refractivity contribution in [1.82, 2.24) is 9.88 Å². The van der Waals surface area contributed by atoms with Gasteiger partial charge in [-0.25, -0.2) is 4.79 Å². The second-order valence-corrected chi connectivity index (χ2v) is 3.97. The fourth-order valence-electron chi connectivity index (χ4n) is 1.68. The number of anilines is 1. The molecule has 0 saturated heterocycles. The maximum atomic E-state index is 11.4. The quantitative estimate of drug-likeness (QED) is 0.747. The van der Waals surface area contributed by atoms with E-state index in [0.717, 1.165) is 10.9 Å². The van der Waals surface area contributed by atoms with Gasteiger partial charge in [-0.05, 0) is 23.6 Å². The van der Waals surface area contributed by atoms with E-state index in [0.29, 0.717) is 5.69 Å². The van der Waals surface area contributed by atoms with Gasteiger partial charge in [-0.1, -0.05) is 6.07 Å². The molecule has 0 aliphatic carbocycles. The van der Waals surface area contributed by atoms with Crippen LogP contribution in [0.4, 0.5) is 10.5 Å². The van der Waals surface area contributed by atoms with E-state index in [1.54, 1.807) is 6.07 Å². The van der Waals surface area contributed by atoms with Crippen LogP contribution in [0.3, 0.4) is 0 Å². The van der Waals surface area contributed by atoms with Gasteiger partial charge in [-0.15, -0.1) is 0 Å². The molecule has 0 radical (unpaired) electrons. The number of fused-ring (bicyclic) bond motifs is 1. The molecule has 6 heteroatoms. The number of nitrogens with two attached hydrogens (primary N) is 1. The molecule has 0 atom stereocenters. The van der Waals surface area contributed by atoms with Crippen LogP contribution in [0.1, 0.15) is 0 Å². The minimum atomic E-state index is -0.581. The zero-order chi connectivity index (χ0) is 13.1. The highest BCUT2D eigenvalue weighted by atomic mass is 16.2. The first-order chi connectivity index (χ1) is 8.56. The third-order valence-corrected chi connectivity index (χ3v) is 2.57. The number of primary amides is 1. The lowest BCUT2D eigenvalue weighted by Crippen LogP contribution is -2.36. The summed E-state index contributed by atoms with van der Waals surface area (Å²) < 4.78 is 1.96. The Hall–Kier alpha value is -2.50. The lowest BCUT2D eigenvalue weighted by atomic mass is 10.2. The monoisotopic (exact) mass is 246 g/mol. The summed E-state index contributed by atoms with van der Waals surface area (Å²) in [5.74, 6) is -0.581. The molecule has 6 nitrogen and oxygen atoms in total. The van der Waals surface area contributed by atoms with Crippen LogP contribution in [-0.4, -0.2) is 23.1 Å². The summed E-state index contributed by atoms with van der Waals surface area (Å²) in [5, 5.41) is 6.09. The molecule has 0 fully saturated rings. The molecule has 2 rings (SSSR count). The SMILES string of the molecule is Cn1ccc2ccc(NC(=O)NCC(N)=O)cc21. The van der Waals surface area contributed by atoms with Gasteiger partial charge in [0.2, 0.25) is 5.91 Å². The zero-order valence-electron chi connectivity index (χ0n) is 9.93. The minimum Gasteiger partial charge on any atom is -0.368 e. The van der Waals surface area contributed by atoms with E-state index < -0.39 is 11.9 Å². The molecule has 0 aliphatic heterocycles. The standard InChI is InChI=1S/C12H14N4O2/c1-16-5-4-8-2-3-9(6-10(8)16)15-12(18)14-7-11(13)17/h2-6H,7H2,1H3,(H2,13,17)(H2,14,15,18). The number of benzene rings is 1. The van der Waals surface area contributed by atoms with E-state index in [2.05, 4.69) is 10.6 Å². The Bertz CT molecular complexity index is 603. The van der Waals surface area contributed by atoms with Crippen molar-refractivity contribution >= 4 is 28.5 Å². The van der Waals surface area contributed by atoms with Crippen LogP contribution in [0.15, 0.2) is 30.5 Å². The molecule has 0 aliphatic rings. The molecule has 4 N–H and O–H groups in total. The van der Waals surface area contributed by atoms with Crippen LogP contribution in [0.25, 0.3) is 10.9 Å². The number of hydrogen-bond donors (Lipinski definition) is 3. The van der Waals surface area contributed by atoms with E-state index >= 15 is 0 Å². The Morgan fingerprint density at radius 1 is 1.33 bits per heavy atom. The van der Waals surface area contributed by atoms with Crippen LogP contribution in [-0.2, 0) is 11.8 Å². The van der Waals surface area contributed by atoms with Gasteiger partial charge in [0.15, 0.2) is 0 Å². The summed E-state index contributed by atoms with van der Waals surface area (Å²) in [6.45, 7) is -0.182. The minimum absolute atomic E-state index is 0.182. The lowest BCUT2D eigenvalue weighted by Gasteiger charge is -2.06. The second kappa shape index (κ2) is 4.79. The summed E-state index contributed by atoms with van der Waals surface area (Å²) in [6.07, 6.45) is 1.95. The molecule has 0 bridgehead atoms. The smallest absolute Gasteiger partial charge is 0.319 e. The van der Waals surface area contributed by atoms with Crippen molar-refractivity contribution < 1.29 is 9.59 Å². The van der Waals surface area contributed by atoms with Crippen LogP contribution in [0, 0.1) is 0 Å². The van der Waals surface area contributed by atoms with Gasteiger partial charge in [0.25, 0.3) is 0 Å². The van der Waals surface area contributed by atoms with Crippen molar-refractivity contribution in [2.24, 2.45) is 12.8 Å². The van der Waals surface area contributed by atoms with Crippen molar-refractivity contribution in [2.45, 2.75) is 0 Å². The Morgan fingerprint density at radius 2 is 2.11 bits per heavy atom. The van der Waals surface area contributed by atoms with Crippen LogP contribution in [0.2, 0.25) is 0 Å². The molecule has 2 aromatic rings. The Balaban J connectivity index is 2.09. The van der Waals surface area contributed by atoms with Crippen LogP contribution in [0.5, 0.6) is 0 Å². The maximum absolute atomic E-state index is 11.4. The first-order valence-electron chi connectivity index (χ1n) is 5.44. The highest BCUT2D eigenvalue weighted by molar-refractivity contribution is 5.94. The molecule has 3 amide bonds. The third kappa shape index (κ3) is 2.60. The summed E-state index contributed by atoms with van der Waals surface area (Å²) in [6, 6.07) is 7.11. The van der Waals surface area contributed by atoms with E-state index in [9.17, 15) is 9.59 Å². The predicted octanol–water partition coefficient (Wildman–Crippen LogP) is 0.785. The maximum Gasteiger partial charge on any atom is 0.319 e. The average Bonchev–Trinajstić information content (AvgIpc) is 2.69. The van der Waals surface area contributed by atoms with E-state index in [1.807, 2.05) is 36.0 Å². The fraction of sp³-hybridized carbons (Fsp3) is 0.167. The number of aryl methyl sites for hydroxylation is 1. The molecule has 18 heavy (non-hydrogen) atoms. The highest BCUT2D eigenvalue weighted by Gasteiger charge is 2.04. The number of hydrogen-bond acceptors (Lipinski definition) is 2. The Kier molecular flexibility index (Phi) is 3.18. The number of carbonyl (C=O) groups excluding carboxylic acids is 2. The zero-order valence-corrected chi connectivity index (χ0v) is 9.93. The van der Waals surface area contributed by atoms with E-state index in [1.165, 1.54) is 0 Å². The molecule has 1 aromatic carbocycles. The molecule has 0 spiro atoms. The molecule has 0 saturated carbocycles. The van der Waals surface area contributed by atoms with Gasteiger partial charge in [-0.3, -0.25) is 4.79 Å². The molecular weight excluding hydrogens is 232 g/mol. The normalized spacial score (nSPS) is 10.3. The number of urea groups is 1. The molecule has 1 aromatic heterocycles. The largest absolute Gasteiger partial charge is 0.368 e. The Morgan fingerprint density at radius 3 is 2.83 bits per heavy atom. The molecule has 94 valence electrons. The molecule has 1 heterocycles. The van der Waals surface area contributed by atoms with Crippen molar-refractivity contribution in [3.8, 4) is 0 Å². The summed E-state index contributed by atoms with van der Waals surface area (Å²) in [7, 11) is 1.93. The average molecular weight is 246 g/mol. The predicted molar refractivity (Wildman–Crippen MR) is 69.1 cm³/mol. The van der Waals surface area contributed by atoms with Crippen molar-refractivity contribution in [3.05, 3.63) is 30.5 Å². The molecule has 0 unspecified atom stereocenters. The topological polar surface area (TPSA) is 89.2 Å². The molecular formula is C12H14N4O2. The van der Waals surface area contributed by atoms with Crippen LogP contribution < -0.4 is 16.4 Å². The number of carbonyl (C=O) groups is 2. The van der Waals surface area contributed by atoms with Gasteiger partial charge >= 0.3 is 6.03 Å². The number of rotatable bonds is 3. The number of aromatic nitrogens is 1. The van der Waals surface area contributed by atoms with Gasteiger partial charge in [0.1, 0.15) is 0 Å². The summed E-state index contributed by atoms with van der Waals surface area (Å²) >= 11 is 0. The summed E-state index contributed by atoms with van der Waals surface area (Å²) in [4.78, 5) is 22.0. The van der Waals surface area contributed by atoms with Crippen molar-refractivity contribution in [1.29, 1.82) is 0 Å². The second-order valence-electron chi connectivity index (χ2n) is 3.97.